The van der Waals surface area contributed by atoms with Crippen LogP contribution in [0.1, 0.15) is 13.8 Å². The van der Waals surface area contributed by atoms with E-state index in [4.69, 9.17) is 0 Å². The van der Waals surface area contributed by atoms with Gasteiger partial charge in [0.15, 0.2) is 0 Å². The Morgan fingerprint density at radius 3 is 2.12 bits per heavy atom. The lowest BCUT2D eigenvalue weighted by Crippen LogP contribution is -1.80. The van der Waals surface area contributed by atoms with E-state index in [1.807, 2.05) is 6.08 Å². The summed E-state index contributed by atoms with van der Waals surface area (Å²) in [4.78, 5) is 0. The van der Waals surface area contributed by atoms with Crippen molar-refractivity contribution < 1.29 is 4.21 Å². The van der Waals surface area contributed by atoms with Gasteiger partial charge in [-0.2, -0.15) is 0 Å². The smallest absolute Gasteiger partial charge is 0.0421 e. The van der Waals surface area contributed by atoms with Crippen molar-refractivity contribution in [2.75, 3.05) is 6.26 Å². The summed E-state index contributed by atoms with van der Waals surface area (Å²) in [6.45, 7) is 4.12. The Hall–Kier alpha value is -0.110. The van der Waals surface area contributed by atoms with Gasteiger partial charge in [0.2, 0.25) is 0 Å². The van der Waals surface area contributed by atoms with Gasteiger partial charge in [0.25, 0.3) is 0 Å². The molecule has 0 rings (SSSR count). The molecule has 0 aliphatic heterocycles. The van der Waals surface area contributed by atoms with Crippen molar-refractivity contribution in [3.05, 3.63) is 11.5 Å². The van der Waals surface area contributed by atoms with Crippen LogP contribution in [0.5, 0.6) is 0 Å². The van der Waals surface area contributed by atoms with Crippen molar-refractivity contribution in [2.45, 2.75) is 13.8 Å². The Bertz CT molecular complexity index is 105. The van der Waals surface area contributed by atoms with Gasteiger partial charge in [0, 0.05) is 17.1 Å². The normalized spacial score (nSPS) is 15.5. The minimum Gasteiger partial charge on any atom is -0.255 e. The maximum atomic E-state index is 10.4. The molecule has 0 aromatic rings. The zero-order valence-corrected chi connectivity index (χ0v) is 6.37. The van der Waals surface area contributed by atoms with E-state index < -0.39 is 10.8 Å². The van der Waals surface area contributed by atoms with Crippen LogP contribution in [0.3, 0.4) is 0 Å². The predicted octanol–water partition coefficient (Wildman–Crippen LogP) is 1.53. The van der Waals surface area contributed by atoms with Crippen molar-refractivity contribution in [1.82, 2.24) is 0 Å². The monoisotopic (exact) mass is 132 g/mol. The fourth-order valence-electron chi connectivity index (χ4n) is 0.268. The Kier molecular flexibility index (Phi) is 3.79. The molecule has 1 atom stereocenters. The summed E-state index contributed by atoms with van der Waals surface area (Å²) in [6, 6.07) is 0. The summed E-state index contributed by atoms with van der Waals surface area (Å²) in [5.41, 5.74) is 0. The molecular formula is C6H12OS. The molecule has 0 radical (unpaired) electrons. The molecule has 0 spiro atoms. The fourth-order valence-corrected chi connectivity index (χ4v) is 0.803. The summed E-state index contributed by atoms with van der Waals surface area (Å²) in [7, 11) is -0.767. The molecule has 0 saturated carbocycles. The van der Waals surface area contributed by atoms with E-state index >= 15 is 0 Å². The molecule has 0 heterocycles. The second-order valence-corrected chi connectivity index (χ2v) is 3.34. The Morgan fingerprint density at radius 1 is 1.50 bits per heavy atom. The number of rotatable bonds is 2. The lowest BCUT2D eigenvalue weighted by molar-refractivity contribution is 0.691. The first-order valence-electron chi connectivity index (χ1n) is 2.63. The SMILES string of the molecule is CC(C)/C=C/S(C)=O. The third-order valence-electron chi connectivity index (χ3n) is 0.655. The Labute approximate surface area is 53.2 Å². The molecule has 0 aliphatic carbocycles. The molecule has 0 aromatic heterocycles. The lowest BCUT2D eigenvalue weighted by Gasteiger charge is -1.89. The van der Waals surface area contributed by atoms with Crippen LogP contribution in [0.4, 0.5) is 0 Å². The van der Waals surface area contributed by atoms with Crippen LogP contribution in [0, 0.1) is 5.92 Å². The highest BCUT2D eigenvalue weighted by atomic mass is 32.2. The number of allylic oxidation sites excluding steroid dienone is 1. The molecule has 1 nitrogen and oxygen atoms in total. The quantitative estimate of drug-likeness (QED) is 0.557. The summed E-state index contributed by atoms with van der Waals surface area (Å²) >= 11 is 0. The van der Waals surface area contributed by atoms with Gasteiger partial charge in [-0.1, -0.05) is 19.9 Å². The zero-order chi connectivity index (χ0) is 6.57. The highest BCUT2D eigenvalue weighted by molar-refractivity contribution is 7.87. The van der Waals surface area contributed by atoms with Crippen LogP contribution in [0.25, 0.3) is 0 Å². The van der Waals surface area contributed by atoms with Crippen LogP contribution in [0.2, 0.25) is 0 Å². The van der Waals surface area contributed by atoms with Gasteiger partial charge in [-0.15, -0.1) is 0 Å². The van der Waals surface area contributed by atoms with Crippen molar-refractivity contribution >= 4 is 10.8 Å². The fraction of sp³-hybridized carbons (Fsp3) is 0.667. The summed E-state index contributed by atoms with van der Waals surface area (Å²) in [6.07, 6.45) is 3.61. The largest absolute Gasteiger partial charge is 0.255 e. The lowest BCUT2D eigenvalue weighted by atomic mass is 10.2. The van der Waals surface area contributed by atoms with Gasteiger partial charge in [-0.25, -0.2) is 0 Å². The molecule has 48 valence electrons. The maximum Gasteiger partial charge on any atom is 0.0421 e. The molecule has 8 heavy (non-hydrogen) atoms. The van der Waals surface area contributed by atoms with Crippen LogP contribution in [-0.4, -0.2) is 10.5 Å². The van der Waals surface area contributed by atoms with Gasteiger partial charge in [-0.3, -0.25) is 4.21 Å². The van der Waals surface area contributed by atoms with E-state index in [0.717, 1.165) is 0 Å². The van der Waals surface area contributed by atoms with Crippen LogP contribution >= 0.6 is 0 Å². The van der Waals surface area contributed by atoms with Crippen molar-refractivity contribution in [1.29, 1.82) is 0 Å². The second-order valence-electron chi connectivity index (χ2n) is 2.07. The van der Waals surface area contributed by atoms with Crippen molar-refractivity contribution in [2.24, 2.45) is 5.92 Å². The van der Waals surface area contributed by atoms with E-state index in [9.17, 15) is 4.21 Å². The molecular weight excluding hydrogens is 120 g/mol. The molecule has 0 saturated heterocycles. The zero-order valence-electron chi connectivity index (χ0n) is 5.55. The Morgan fingerprint density at radius 2 is 2.00 bits per heavy atom. The molecule has 0 bridgehead atoms. The summed E-state index contributed by atoms with van der Waals surface area (Å²) < 4.78 is 10.4. The third-order valence-corrected chi connectivity index (χ3v) is 1.20. The molecule has 0 fully saturated rings. The average molecular weight is 132 g/mol. The first kappa shape index (κ1) is 7.89. The molecule has 0 amide bonds. The van der Waals surface area contributed by atoms with E-state index in [1.165, 1.54) is 0 Å². The minimum absolute atomic E-state index is 0.513. The maximum absolute atomic E-state index is 10.4. The standard InChI is InChI=1S/C6H12OS/c1-6(2)4-5-8(3)7/h4-6H,1-3H3/b5-4+. The van der Waals surface area contributed by atoms with E-state index in [1.54, 1.807) is 11.7 Å². The summed E-state index contributed by atoms with van der Waals surface area (Å²) in [5.74, 6) is 0.513. The number of hydrogen-bond donors (Lipinski definition) is 0. The highest BCUT2D eigenvalue weighted by Gasteiger charge is 1.82. The molecule has 1 unspecified atom stereocenters. The first-order chi connectivity index (χ1) is 3.63. The van der Waals surface area contributed by atoms with Gasteiger partial charge in [0.05, 0.1) is 0 Å². The Balaban J connectivity index is 3.50. The molecule has 2 heteroatoms. The van der Waals surface area contributed by atoms with Crippen LogP contribution < -0.4 is 0 Å². The van der Waals surface area contributed by atoms with E-state index in [-0.39, 0.29) is 0 Å². The number of hydrogen-bond acceptors (Lipinski definition) is 1. The van der Waals surface area contributed by atoms with Gasteiger partial charge in [0.1, 0.15) is 0 Å². The van der Waals surface area contributed by atoms with Gasteiger partial charge < -0.3 is 0 Å². The first-order valence-corrected chi connectivity index (χ1v) is 4.25. The molecule has 0 aliphatic rings. The average Bonchev–Trinajstić information content (AvgIpc) is 1.61. The van der Waals surface area contributed by atoms with E-state index in [2.05, 4.69) is 13.8 Å². The van der Waals surface area contributed by atoms with Crippen molar-refractivity contribution in [3.63, 3.8) is 0 Å². The van der Waals surface area contributed by atoms with Crippen LogP contribution in [-0.2, 0) is 10.8 Å². The molecule has 0 N–H and O–H groups in total. The highest BCUT2D eigenvalue weighted by Crippen LogP contribution is 1.93. The van der Waals surface area contributed by atoms with Gasteiger partial charge in [-0.05, 0) is 11.3 Å². The predicted molar refractivity (Wildman–Crippen MR) is 38.0 cm³/mol. The van der Waals surface area contributed by atoms with Crippen molar-refractivity contribution in [3.8, 4) is 0 Å². The second kappa shape index (κ2) is 3.84. The third kappa shape index (κ3) is 5.89. The van der Waals surface area contributed by atoms with E-state index in [0.29, 0.717) is 5.92 Å². The van der Waals surface area contributed by atoms with Crippen LogP contribution in [0.15, 0.2) is 11.5 Å². The molecule has 0 aromatic carbocycles. The summed E-state index contributed by atoms with van der Waals surface area (Å²) in [5, 5.41) is 1.71. The minimum atomic E-state index is -0.767. The van der Waals surface area contributed by atoms with Gasteiger partial charge >= 0.3 is 0 Å². The topological polar surface area (TPSA) is 17.1 Å².